The van der Waals surface area contributed by atoms with Gasteiger partial charge in [-0.05, 0) is 43.2 Å². The number of ether oxygens (including phenoxy) is 1. The minimum absolute atomic E-state index is 0.0925. The van der Waals surface area contributed by atoms with Gasteiger partial charge in [-0.25, -0.2) is 4.79 Å². The number of methoxy groups -OCH3 is 1. The molecule has 132 valence electrons. The largest absolute Gasteiger partial charge is 0.465 e. The number of anilines is 2. The molecule has 0 radical (unpaired) electrons. The van der Waals surface area contributed by atoms with E-state index in [1.807, 2.05) is 32.0 Å². The first-order valence-corrected chi connectivity index (χ1v) is 8.28. The fourth-order valence-corrected chi connectivity index (χ4v) is 2.61. The summed E-state index contributed by atoms with van der Waals surface area (Å²) in [6.45, 7) is 4.30. The summed E-state index contributed by atoms with van der Waals surface area (Å²) in [7, 11) is 1.32. The van der Waals surface area contributed by atoms with Crippen molar-refractivity contribution in [1.29, 1.82) is 0 Å². The fraction of sp³-hybridized carbons (Fsp3) is 0.263. The van der Waals surface area contributed by atoms with Crippen LogP contribution in [-0.4, -0.2) is 25.5 Å². The highest BCUT2D eigenvalue weighted by atomic mass is 35.5. The number of amides is 1. The number of carbonyl (C=O) groups is 2. The van der Waals surface area contributed by atoms with E-state index >= 15 is 0 Å². The molecule has 0 aliphatic carbocycles. The summed E-state index contributed by atoms with van der Waals surface area (Å²) in [5.74, 6) is -0.530. The Morgan fingerprint density at radius 2 is 1.80 bits per heavy atom. The van der Waals surface area contributed by atoms with Gasteiger partial charge in [-0.1, -0.05) is 29.8 Å². The van der Waals surface area contributed by atoms with Gasteiger partial charge >= 0.3 is 5.97 Å². The van der Waals surface area contributed by atoms with Gasteiger partial charge in [0, 0.05) is 18.7 Å². The van der Waals surface area contributed by atoms with Crippen LogP contribution in [0.25, 0.3) is 0 Å². The van der Waals surface area contributed by atoms with Crippen LogP contribution in [0, 0.1) is 13.8 Å². The maximum atomic E-state index is 12.2. The molecule has 0 aliphatic heterocycles. The number of hydrogen-bond donors (Lipinski definition) is 2. The van der Waals surface area contributed by atoms with Gasteiger partial charge in [0.05, 0.1) is 23.4 Å². The van der Waals surface area contributed by atoms with E-state index in [1.54, 1.807) is 18.2 Å². The Morgan fingerprint density at radius 3 is 2.44 bits per heavy atom. The number of nitrogens with one attached hydrogen (secondary N) is 2. The van der Waals surface area contributed by atoms with Crippen LogP contribution in [0.3, 0.4) is 0 Å². The SMILES string of the molecule is COC(=O)c1ccc(Cl)c(NCCC(=O)Nc2c(C)cccc2C)c1. The first-order chi connectivity index (χ1) is 11.9. The number of carbonyl (C=O) groups excluding carboxylic acids is 2. The van der Waals surface area contributed by atoms with Crippen molar-refractivity contribution >= 4 is 34.9 Å². The first kappa shape index (κ1) is 18.8. The lowest BCUT2D eigenvalue weighted by Gasteiger charge is -2.13. The molecule has 2 aromatic rings. The zero-order chi connectivity index (χ0) is 18.4. The van der Waals surface area contributed by atoms with Gasteiger partial charge < -0.3 is 15.4 Å². The fourth-order valence-electron chi connectivity index (χ4n) is 2.43. The zero-order valence-electron chi connectivity index (χ0n) is 14.5. The van der Waals surface area contributed by atoms with Crippen LogP contribution in [-0.2, 0) is 9.53 Å². The van der Waals surface area contributed by atoms with Crippen molar-refractivity contribution in [1.82, 2.24) is 0 Å². The third kappa shape index (κ3) is 4.97. The maximum absolute atomic E-state index is 12.2. The molecule has 0 aromatic heterocycles. The van der Waals surface area contributed by atoms with Crippen molar-refractivity contribution < 1.29 is 14.3 Å². The molecular weight excluding hydrogens is 340 g/mol. The third-order valence-electron chi connectivity index (χ3n) is 3.80. The second-order valence-corrected chi connectivity index (χ2v) is 6.09. The summed E-state index contributed by atoms with van der Waals surface area (Å²) >= 11 is 6.12. The molecule has 1 amide bonds. The highest BCUT2D eigenvalue weighted by molar-refractivity contribution is 6.33. The Hall–Kier alpha value is -2.53. The molecule has 2 rings (SSSR count). The van der Waals surface area contributed by atoms with Crippen LogP contribution in [0.2, 0.25) is 5.02 Å². The van der Waals surface area contributed by atoms with E-state index < -0.39 is 5.97 Å². The van der Waals surface area contributed by atoms with Gasteiger partial charge in [-0.2, -0.15) is 0 Å². The molecule has 6 heteroatoms. The average molecular weight is 361 g/mol. The number of esters is 1. The van der Waals surface area contributed by atoms with E-state index in [0.29, 0.717) is 22.8 Å². The number of benzene rings is 2. The molecule has 0 spiro atoms. The highest BCUT2D eigenvalue weighted by Crippen LogP contribution is 2.24. The number of aryl methyl sites for hydroxylation is 2. The molecule has 0 saturated heterocycles. The average Bonchev–Trinajstić information content (AvgIpc) is 2.59. The van der Waals surface area contributed by atoms with Crippen molar-refractivity contribution in [2.75, 3.05) is 24.3 Å². The minimum atomic E-state index is -0.438. The van der Waals surface area contributed by atoms with Gasteiger partial charge in [-0.15, -0.1) is 0 Å². The van der Waals surface area contributed by atoms with Gasteiger partial charge in [0.1, 0.15) is 0 Å². The molecule has 0 saturated carbocycles. The molecular formula is C19H21ClN2O3. The monoisotopic (exact) mass is 360 g/mol. The molecule has 0 atom stereocenters. The van der Waals surface area contributed by atoms with Gasteiger partial charge in [-0.3, -0.25) is 4.79 Å². The summed E-state index contributed by atoms with van der Waals surface area (Å²) < 4.78 is 4.69. The van der Waals surface area contributed by atoms with Gasteiger partial charge in [0.25, 0.3) is 0 Å². The molecule has 25 heavy (non-hydrogen) atoms. The number of para-hydroxylation sites is 1. The predicted molar refractivity (Wildman–Crippen MR) is 100 cm³/mol. The topological polar surface area (TPSA) is 67.4 Å². The normalized spacial score (nSPS) is 10.2. The molecule has 0 aliphatic rings. The summed E-state index contributed by atoms with van der Waals surface area (Å²) in [6.07, 6.45) is 0.270. The Bertz CT molecular complexity index is 770. The summed E-state index contributed by atoms with van der Waals surface area (Å²) in [5, 5.41) is 6.48. The second kappa shape index (κ2) is 8.53. The van der Waals surface area contributed by atoms with Crippen molar-refractivity contribution in [2.45, 2.75) is 20.3 Å². The van der Waals surface area contributed by atoms with Crippen LogP contribution >= 0.6 is 11.6 Å². The molecule has 0 unspecified atom stereocenters. The van der Waals surface area contributed by atoms with Crippen molar-refractivity contribution in [3.8, 4) is 0 Å². The van der Waals surface area contributed by atoms with Crippen molar-refractivity contribution in [3.63, 3.8) is 0 Å². The molecule has 2 aromatic carbocycles. The minimum Gasteiger partial charge on any atom is -0.465 e. The van der Waals surface area contributed by atoms with Crippen LogP contribution in [0.5, 0.6) is 0 Å². The van der Waals surface area contributed by atoms with E-state index in [4.69, 9.17) is 11.6 Å². The van der Waals surface area contributed by atoms with Crippen LogP contribution in [0.1, 0.15) is 27.9 Å². The lowest BCUT2D eigenvalue weighted by Crippen LogP contribution is -2.17. The molecule has 5 nitrogen and oxygen atoms in total. The Morgan fingerprint density at radius 1 is 1.12 bits per heavy atom. The molecule has 2 N–H and O–H groups in total. The standard InChI is InChI=1S/C19H21ClN2O3/c1-12-5-4-6-13(2)18(12)22-17(23)9-10-21-16-11-14(19(24)25-3)7-8-15(16)20/h4-8,11,21H,9-10H2,1-3H3,(H,22,23). The highest BCUT2D eigenvalue weighted by Gasteiger charge is 2.10. The van der Waals surface area contributed by atoms with E-state index in [1.165, 1.54) is 7.11 Å². The molecule has 0 fully saturated rings. The Kier molecular flexibility index (Phi) is 6.42. The van der Waals surface area contributed by atoms with E-state index in [2.05, 4.69) is 15.4 Å². The number of halogens is 1. The van der Waals surface area contributed by atoms with Crippen molar-refractivity contribution in [2.24, 2.45) is 0 Å². The summed E-state index contributed by atoms with van der Waals surface area (Å²) in [4.78, 5) is 23.7. The van der Waals surface area contributed by atoms with Crippen LogP contribution in [0.15, 0.2) is 36.4 Å². The lowest BCUT2D eigenvalue weighted by molar-refractivity contribution is -0.116. The quantitative estimate of drug-likeness (QED) is 0.758. The smallest absolute Gasteiger partial charge is 0.337 e. The van der Waals surface area contributed by atoms with Crippen molar-refractivity contribution in [3.05, 3.63) is 58.1 Å². The van der Waals surface area contributed by atoms with Gasteiger partial charge in [0.15, 0.2) is 0 Å². The Labute approximate surface area is 152 Å². The number of rotatable bonds is 6. The first-order valence-electron chi connectivity index (χ1n) is 7.90. The molecule has 0 heterocycles. The molecule has 0 bridgehead atoms. The maximum Gasteiger partial charge on any atom is 0.337 e. The van der Waals surface area contributed by atoms with E-state index in [-0.39, 0.29) is 12.3 Å². The Balaban J connectivity index is 1.94. The summed E-state index contributed by atoms with van der Waals surface area (Å²) in [6, 6.07) is 10.7. The number of hydrogen-bond acceptors (Lipinski definition) is 4. The lowest BCUT2D eigenvalue weighted by atomic mass is 10.1. The van der Waals surface area contributed by atoms with E-state index in [9.17, 15) is 9.59 Å². The second-order valence-electron chi connectivity index (χ2n) is 5.68. The predicted octanol–water partition coefficient (Wildman–Crippen LogP) is 4.18. The van der Waals surface area contributed by atoms with Crippen LogP contribution in [0.4, 0.5) is 11.4 Å². The van der Waals surface area contributed by atoms with Crippen LogP contribution < -0.4 is 10.6 Å². The zero-order valence-corrected chi connectivity index (χ0v) is 15.2. The van der Waals surface area contributed by atoms with Gasteiger partial charge in [0.2, 0.25) is 5.91 Å². The van der Waals surface area contributed by atoms with E-state index in [0.717, 1.165) is 16.8 Å². The summed E-state index contributed by atoms with van der Waals surface area (Å²) in [5.41, 5.74) is 3.88. The third-order valence-corrected chi connectivity index (χ3v) is 4.13.